The smallest absolute Gasteiger partial charge is 0.410 e. The van der Waals surface area contributed by atoms with Gasteiger partial charge in [0, 0.05) is 48.6 Å². The van der Waals surface area contributed by atoms with Crippen LogP contribution in [-0.2, 0) is 10.3 Å². The van der Waals surface area contributed by atoms with E-state index in [0.717, 1.165) is 29.2 Å². The van der Waals surface area contributed by atoms with Crippen molar-refractivity contribution in [2.45, 2.75) is 49.3 Å². The standard InChI is InChI=1S/C31H28N2O3/c34-30(36-19-28-25-9-3-1-7-23(25)24-8-2-4-10-26(24)28)33-21-12-13-22(33)17-31(35,16-21)29-11-5-6-20-14-15-32-18-27(20)29/h1-11,14-15,18,21-22,28,35H,12-13,16-17,19H2. The zero-order chi connectivity index (χ0) is 24.3. The molecular weight excluding hydrogens is 448 g/mol. The minimum absolute atomic E-state index is 0.0312. The number of carbonyl (C=O) groups excluding carboxylic acids is 1. The Morgan fingerprint density at radius 1 is 0.917 bits per heavy atom. The molecule has 0 radical (unpaired) electrons. The fraction of sp³-hybridized carbons (Fsp3) is 0.290. The summed E-state index contributed by atoms with van der Waals surface area (Å²) in [4.78, 5) is 19.6. The highest BCUT2D eigenvalue weighted by atomic mass is 16.6. The second kappa shape index (κ2) is 8.17. The zero-order valence-electron chi connectivity index (χ0n) is 20.0. The molecule has 7 rings (SSSR count). The predicted octanol–water partition coefficient (Wildman–Crippen LogP) is 6.00. The third-order valence-corrected chi connectivity index (χ3v) is 8.50. The van der Waals surface area contributed by atoms with Gasteiger partial charge in [-0.05, 0) is 52.1 Å². The van der Waals surface area contributed by atoms with Crippen molar-refractivity contribution in [3.05, 3.63) is 102 Å². The maximum atomic E-state index is 13.4. The number of fused-ring (bicyclic) bond motifs is 6. The van der Waals surface area contributed by atoms with Gasteiger partial charge >= 0.3 is 6.09 Å². The molecule has 5 heteroatoms. The molecule has 3 heterocycles. The van der Waals surface area contributed by atoms with E-state index in [4.69, 9.17) is 4.74 Å². The first-order chi connectivity index (χ1) is 17.6. The number of hydrogen-bond acceptors (Lipinski definition) is 4. The molecule has 1 aliphatic carbocycles. The maximum Gasteiger partial charge on any atom is 0.410 e. The highest BCUT2D eigenvalue weighted by Crippen LogP contribution is 2.48. The van der Waals surface area contributed by atoms with Crippen LogP contribution in [0.15, 0.2) is 85.2 Å². The number of benzene rings is 3. The van der Waals surface area contributed by atoms with Crippen molar-refractivity contribution in [2.75, 3.05) is 6.61 Å². The Morgan fingerprint density at radius 3 is 2.28 bits per heavy atom. The summed E-state index contributed by atoms with van der Waals surface area (Å²) in [5, 5.41) is 13.9. The van der Waals surface area contributed by atoms with Gasteiger partial charge in [0.05, 0.1) is 5.60 Å². The molecule has 1 amide bonds. The van der Waals surface area contributed by atoms with E-state index in [1.807, 2.05) is 47.5 Å². The Bertz CT molecular complexity index is 1420. The first-order valence-electron chi connectivity index (χ1n) is 12.8. The lowest BCUT2D eigenvalue weighted by Gasteiger charge is -2.43. The van der Waals surface area contributed by atoms with Gasteiger partial charge in [-0.1, -0.05) is 66.7 Å². The molecule has 0 saturated carbocycles. The number of aromatic nitrogens is 1. The van der Waals surface area contributed by atoms with E-state index in [0.29, 0.717) is 19.4 Å². The van der Waals surface area contributed by atoms with Gasteiger partial charge in [-0.25, -0.2) is 4.79 Å². The molecule has 4 aromatic rings. The lowest BCUT2D eigenvalue weighted by Crippen LogP contribution is -2.52. The molecular formula is C31H28N2O3. The summed E-state index contributed by atoms with van der Waals surface area (Å²) in [5.74, 6) is 0.0453. The fourth-order valence-electron chi connectivity index (χ4n) is 6.93. The van der Waals surface area contributed by atoms with Crippen LogP contribution in [0.1, 0.15) is 48.3 Å². The summed E-state index contributed by atoms with van der Waals surface area (Å²) in [7, 11) is 0. The average Bonchev–Trinajstić information content (AvgIpc) is 3.39. The van der Waals surface area contributed by atoms with Crippen LogP contribution in [0.3, 0.4) is 0 Å². The number of hydrogen-bond donors (Lipinski definition) is 1. The van der Waals surface area contributed by atoms with E-state index in [2.05, 4.69) is 41.4 Å². The molecule has 2 fully saturated rings. The van der Waals surface area contributed by atoms with Crippen LogP contribution in [0, 0.1) is 0 Å². The molecule has 2 saturated heterocycles. The van der Waals surface area contributed by atoms with Crippen molar-refractivity contribution in [1.82, 2.24) is 9.88 Å². The maximum absolute atomic E-state index is 13.4. The topological polar surface area (TPSA) is 62.7 Å². The Labute approximate surface area is 210 Å². The van der Waals surface area contributed by atoms with Gasteiger partial charge in [0.2, 0.25) is 0 Å². The van der Waals surface area contributed by atoms with Crippen LogP contribution < -0.4 is 0 Å². The molecule has 180 valence electrons. The second-order valence-corrected chi connectivity index (χ2v) is 10.4. The van der Waals surface area contributed by atoms with Crippen LogP contribution in [0.4, 0.5) is 4.79 Å². The molecule has 2 aliphatic heterocycles. The number of amides is 1. The summed E-state index contributed by atoms with van der Waals surface area (Å²) < 4.78 is 6.00. The van der Waals surface area contributed by atoms with Crippen molar-refractivity contribution in [2.24, 2.45) is 0 Å². The van der Waals surface area contributed by atoms with Crippen molar-refractivity contribution in [3.63, 3.8) is 0 Å². The Balaban J connectivity index is 1.11. The third-order valence-electron chi connectivity index (χ3n) is 8.50. The fourth-order valence-corrected chi connectivity index (χ4v) is 6.93. The molecule has 1 aromatic heterocycles. The number of rotatable bonds is 3. The molecule has 0 spiro atoms. The number of aliphatic hydroxyl groups is 1. The Hall–Kier alpha value is -3.70. The molecule has 5 nitrogen and oxygen atoms in total. The highest BCUT2D eigenvalue weighted by molar-refractivity contribution is 5.85. The van der Waals surface area contributed by atoms with Gasteiger partial charge in [-0.2, -0.15) is 0 Å². The van der Waals surface area contributed by atoms with E-state index in [9.17, 15) is 9.90 Å². The van der Waals surface area contributed by atoms with Crippen LogP contribution in [0.2, 0.25) is 0 Å². The van der Waals surface area contributed by atoms with Gasteiger partial charge in [0.25, 0.3) is 0 Å². The molecule has 36 heavy (non-hydrogen) atoms. The minimum Gasteiger partial charge on any atom is -0.448 e. The summed E-state index contributed by atoms with van der Waals surface area (Å²) in [6.07, 6.45) is 6.16. The van der Waals surface area contributed by atoms with E-state index < -0.39 is 5.60 Å². The number of ether oxygens (including phenoxy) is 1. The third kappa shape index (κ3) is 3.26. The summed E-state index contributed by atoms with van der Waals surface area (Å²) >= 11 is 0. The van der Waals surface area contributed by atoms with E-state index in [1.54, 1.807) is 6.20 Å². The molecule has 2 unspecified atom stereocenters. The van der Waals surface area contributed by atoms with Crippen LogP contribution in [-0.4, -0.2) is 39.8 Å². The average molecular weight is 477 g/mol. The van der Waals surface area contributed by atoms with Crippen molar-refractivity contribution >= 4 is 16.9 Å². The van der Waals surface area contributed by atoms with Crippen LogP contribution >= 0.6 is 0 Å². The monoisotopic (exact) mass is 476 g/mol. The van der Waals surface area contributed by atoms with Gasteiger partial charge < -0.3 is 14.7 Å². The SMILES string of the molecule is O=C(OCC1c2ccccc2-c2ccccc21)N1C2CCC1CC(O)(c1cccc3ccncc13)C2. The first kappa shape index (κ1) is 21.6. The Morgan fingerprint density at radius 2 is 1.58 bits per heavy atom. The van der Waals surface area contributed by atoms with Crippen LogP contribution in [0.25, 0.3) is 21.9 Å². The lowest BCUT2D eigenvalue weighted by molar-refractivity contribution is -0.0521. The normalized spacial score (nSPS) is 24.5. The molecule has 2 atom stereocenters. The number of piperidine rings is 1. The van der Waals surface area contributed by atoms with Gasteiger partial charge in [-0.15, -0.1) is 0 Å². The number of carbonyl (C=O) groups is 1. The summed E-state index contributed by atoms with van der Waals surface area (Å²) in [5.41, 5.74) is 4.81. The van der Waals surface area contributed by atoms with Gasteiger partial charge in [0.15, 0.2) is 0 Å². The number of nitrogens with zero attached hydrogens (tertiary/aromatic N) is 2. The van der Waals surface area contributed by atoms with Crippen LogP contribution in [0.5, 0.6) is 0 Å². The molecule has 3 aliphatic rings. The first-order valence-corrected chi connectivity index (χ1v) is 12.8. The van der Waals surface area contributed by atoms with Gasteiger partial charge in [0.1, 0.15) is 6.61 Å². The quantitative estimate of drug-likeness (QED) is 0.394. The van der Waals surface area contributed by atoms with Crippen molar-refractivity contribution < 1.29 is 14.6 Å². The second-order valence-electron chi connectivity index (χ2n) is 10.4. The highest BCUT2D eigenvalue weighted by Gasteiger charge is 2.51. The zero-order valence-corrected chi connectivity index (χ0v) is 20.0. The van der Waals surface area contributed by atoms with E-state index in [-0.39, 0.29) is 24.1 Å². The van der Waals surface area contributed by atoms with Gasteiger partial charge in [-0.3, -0.25) is 4.98 Å². The van der Waals surface area contributed by atoms with Crippen molar-refractivity contribution in [1.29, 1.82) is 0 Å². The summed E-state index contributed by atoms with van der Waals surface area (Å²) in [6, 6.07) is 24.7. The minimum atomic E-state index is -0.978. The summed E-state index contributed by atoms with van der Waals surface area (Å²) in [6.45, 7) is 0.321. The Kier molecular flexibility index (Phi) is 4.90. The molecule has 3 aromatic carbocycles. The molecule has 2 bridgehead atoms. The number of pyridine rings is 1. The lowest BCUT2D eigenvalue weighted by atomic mass is 9.79. The van der Waals surface area contributed by atoms with E-state index in [1.165, 1.54) is 22.3 Å². The van der Waals surface area contributed by atoms with E-state index >= 15 is 0 Å². The largest absolute Gasteiger partial charge is 0.448 e. The van der Waals surface area contributed by atoms with Crippen molar-refractivity contribution in [3.8, 4) is 11.1 Å². The molecule has 1 N–H and O–H groups in total. The predicted molar refractivity (Wildman–Crippen MR) is 139 cm³/mol.